The predicted octanol–water partition coefficient (Wildman–Crippen LogP) is 1.91. The number of benzene rings is 1. The van der Waals surface area contributed by atoms with E-state index in [0.29, 0.717) is 5.95 Å². The highest BCUT2D eigenvalue weighted by molar-refractivity contribution is 5.75. The van der Waals surface area contributed by atoms with E-state index in [1.54, 1.807) is 0 Å². The molecule has 5 nitrogen and oxygen atoms in total. The molecular formula is C13H14N4O. The van der Waals surface area contributed by atoms with Crippen molar-refractivity contribution in [2.45, 2.75) is 20.3 Å². The standard InChI is InChI=1S/C13H14N4O/c1-3-9-8(2)12(18)17(16-9)13-14-10-6-4-5-7-11(10)15-13/h4-7,16H,3H2,1-2H3,(H,14,15). The number of para-hydroxylation sites is 2. The van der Waals surface area contributed by atoms with Crippen LogP contribution < -0.4 is 5.56 Å². The van der Waals surface area contributed by atoms with Gasteiger partial charge in [0, 0.05) is 11.3 Å². The van der Waals surface area contributed by atoms with E-state index in [1.807, 2.05) is 38.1 Å². The van der Waals surface area contributed by atoms with E-state index in [-0.39, 0.29) is 5.56 Å². The Bertz CT molecular complexity index is 730. The predicted molar refractivity (Wildman–Crippen MR) is 70.2 cm³/mol. The SMILES string of the molecule is CCc1[nH]n(-c2nc3ccccc3[nH]2)c(=O)c1C. The normalized spacial score (nSPS) is 11.2. The molecule has 18 heavy (non-hydrogen) atoms. The van der Waals surface area contributed by atoms with E-state index in [4.69, 9.17) is 0 Å². The van der Waals surface area contributed by atoms with Gasteiger partial charge in [0.1, 0.15) is 0 Å². The number of imidazole rings is 1. The van der Waals surface area contributed by atoms with Crippen LogP contribution in [0, 0.1) is 6.92 Å². The zero-order valence-corrected chi connectivity index (χ0v) is 10.3. The molecule has 0 amide bonds. The molecule has 0 bridgehead atoms. The molecule has 3 rings (SSSR count). The number of hydrogen-bond acceptors (Lipinski definition) is 2. The van der Waals surface area contributed by atoms with Gasteiger partial charge < -0.3 is 4.98 Å². The number of fused-ring (bicyclic) bond motifs is 1. The molecule has 0 aliphatic carbocycles. The number of H-pyrrole nitrogens is 2. The van der Waals surface area contributed by atoms with Gasteiger partial charge in [-0.25, -0.2) is 4.98 Å². The van der Waals surface area contributed by atoms with Crippen LogP contribution in [0.15, 0.2) is 29.1 Å². The van der Waals surface area contributed by atoms with Gasteiger partial charge in [0.25, 0.3) is 5.56 Å². The van der Waals surface area contributed by atoms with E-state index in [0.717, 1.165) is 28.7 Å². The van der Waals surface area contributed by atoms with Crippen LogP contribution in [0.2, 0.25) is 0 Å². The number of aromatic nitrogens is 4. The Hall–Kier alpha value is -2.30. The Morgan fingerprint density at radius 1 is 1.33 bits per heavy atom. The van der Waals surface area contributed by atoms with Crippen molar-refractivity contribution in [2.75, 3.05) is 0 Å². The Balaban J connectivity index is 2.23. The molecule has 2 heterocycles. The number of aryl methyl sites for hydroxylation is 1. The maximum absolute atomic E-state index is 12.1. The van der Waals surface area contributed by atoms with Gasteiger partial charge in [0.15, 0.2) is 0 Å². The first-order chi connectivity index (χ1) is 8.70. The van der Waals surface area contributed by atoms with Crippen molar-refractivity contribution in [2.24, 2.45) is 0 Å². The van der Waals surface area contributed by atoms with Crippen molar-refractivity contribution in [3.8, 4) is 5.95 Å². The molecule has 5 heteroatoms. The maximum Gasteiger partial charge on any atom is 0.277 e. The molecule has 92 valence electrons. The van der Waals surface area contributed by atoms with E-state index < -0.39 is 0 Å². The second-order valence-corrected chi connectivity index (χ2v) is 4.29. The third kappa shape index (κ3) is 1.48. The largest absolute Gasteiger partial charge is 0.322 e. The zero-order chi connectivity index (χ0) is 12.7. The smallest absolute Gasteiger partial charge is 0.277 e. The van der Waals surface area contributed by atoms with Crippen LogP contribution in [-0.2, 0) is 6.42 Å². The van der Waals surface area contributed by atoms with Crippen LogP contribution in [0.3, 0.4) is 0 Å². The topological polar surface area (TPSA) is 66.5 Å². The lowest BCUT2D eigenvalue weighted by molar-refractivity contribution is 0.780. The van der Waals surface area contributed by atoms with Crippen LogP contribution in [0.25, 0.3) is 17.0 Å². The number of nitrogens with zero attached hydrogens (tertiary/aromatic N) is 2. The van der Waals surface area contributed by atoms with Crippen LogP contribution in [0.5, 0.6) is 0 Å². The van der Waals surface area contributed by atoms with Gasteiger partial charge in [-0.1, -0.05) is 19.1 Å². The summed E-state index contributed by atoms with van der Waals surface area (Å²) < 4.78 is 1.47. The summed E-state index contributed by atoms with van der Waals surface area (Å²) >= 11 is 0. The lowest BCUT2D eigenvalue weighted by Gasteiger charge is -1.94. The average molecular weight is 242 g/mol. The molecule has 2 N–H and O–H groups in total. The van der Waals surface area contributed by atoms with Crippen LogP contribution in [0.1, 0.15) is 18.2 Å². The maximum atomic E-state index is 12.1. The molecule has 1 aromatic carbocycles. The summed E-state index contributed by atoms with van der Waals surface area (Å²) in [4.78, 5) is 19.6. The molecule has 0 radical (unpaired) electrons. The van der Waals surface area contributed by atoms with Gasteiger partial charge in [-0.3, -0.25) is 9.89 Å². The summed E-state index contributed by atoms with van der Waals surface area (Å²) in [6, 6.07) is 7.71. The summed E-state index contributed by atoms with van der Waals surface area (Å²) in [7, 11) is 0. The highest BCUT2D eigenvalue weighted by Gasteiger charge is 2.12. The Kier molecular flexibility index (Phi) is 2.33. The summed E-state index contributed by atoms with van der Waals surface area (Å²) in [5, 5.41) is 3.09. The highest BCUT2D eigenvalue weighted by atomic mass is 16.1. The Morgan fingerprint density at radius 2 is 2.11 bits per heavy atom. The zero-order valence-electron chi connectivity index (χ0n) is 10.3. The van der Waals surface area contributed by atoms with E-state index in [9.17, 15) is 4.79 Å². The molecule has 0 atom stereocenters. The third-order valence-electron chi connectivity index (χ3n) is 3.17. The minimum atomic E-state index is -0.0501. The van der Waals surface area contributed by atoms with Crippen molar-refractivity contribution in [1.29, 1.82) is 0 Å². The number of rotatable bonds is 2. The van der Waals surface area contributed by atoms with E-state index >= 15 is 0 Å². The van der Waals surface area contributed by atoms with E-state index in [1.165, 1.54) is 4.68 Å². The molecule has 0 fully saturated rings. The lowest BCUT2D eigenvalue weighted by Crippen LogP contribution is -2.16. The first-order valence-corrected chi connectivity index (χ1v) is 5.96. The Labute approximate surface area is 103 Å². The van der Waals surface area contributed by atoms with E-state index in [2.05, 4.69) is 15.1 Å². The second kappa shape index (κ2) is 3.87. The van der Waals surface area contributed by atoms with Gasteiger partial charge >= 0.3 is 0 Å². The number of aromatic amines is 2. The first kappa shape index (κ1) is 10.8. The van der Waals surface area contributed by atoms with Crippen LogP contribution in [-0.4, -0.2) is 19.7 Å². The van der Waals surface area contributed by atoms with Crippen molar-refractivity contribution < 1.29 is 0 Å². The fourth-order valence-electron chi connectivity index (χ4n) is 2.10. The van der Waals surface area contributed by atoms with Crippen LogP contribution >= 0.6 is 0 Å². The lowest BCUT2D eigenvalue weighted by atomic mass is 10.2. The highest BCUT2D eigenvalue weighted by Crippen LogP contribution is 2.12. The molecular weight excluding hydrogens is 228 g/mol. The number of nitrogens with one attached hydrogen (secondary N) is 2. The molecule has 0 spiro atoms. The van der Waals surface area contributed by atoms with Gasteiger partial charge in [0.2, 0.25) is 5.95 Å². The minimum absolute atomic E-state index is 0.0501. The molecule has 3 aromatic rings. The second-order valence-electron chi connectivity index (χ2n) is 4.29. The van der Waals surface area contributed by atoms with Crippen molar-refractivity contribution >= 4 is 11.0 Å². The molecule has 2 aromatic heterocycles. The summed E-state index contributed by atoms with van der Waals surface area (Å²) in [5.74, 6) is 0.531. The van der Waals surface area contributed by atoms with Crippen LogP contribution in [0.4, 0.5) is 0 Å². The molecule has 0 saturated heterocycles. The van der Waals surface area contributed by atoms with Gasteiger partial charge in [-0.05, 0) is 25.5 Å². The summed E-state index contributed by atoms with van der Waals surface area (Å²) in [6.45, 7) is 3.85. The Morgan fingerprint density at radius 3 is 2.78 bits per heavy atom. The molecule has 0 aliphatic heterocycles. The van der Waals surface area contributed by atoms with Gasteiger partial charge in [0.05, 0.1) is 11.0 Å². The third-order valence-corrected chi connectivity index (χ3v) is 3.17. The molecule has 0 saturated carbocycles. The quantitative estimate of drug-likeness (QED) is 0.721. The average Bonchev–Trinajstić information content (AvgIpc) is 2.92. The van der Waals surface area contributed by atoms with Crippen molar-refractivity contribution in [3.63, 3.8) is 0 Å². The summed E-state index contributed by atoms with van der Waals surface area (Å²) in [5.41, 5.74) is 3.42. The fraction of sp³-hybridized carbons (Fsp3) is 0.231. The van der Waals surface area contributed by atoms with Gasteiger partial charge in [-0.15, -0.1) is 0 Å². The van der Waals surface area contributed by atoms with Crippen molar-refractivity contribution in [3.05, 3.63) is 45.9 Å². The minimum Gasteiger partial charge on any atom is -0.322 e. The van der Waals surface area contributed by atoms with Crippen molar-refractivity contribution in [1.82, 2.24) is 19.7 Å². The molecule has 0 unspecified atom stereocenters. The number of hydrogen-bond donors (Lipinski definition) is 2. The summed E-state index contributed by atoms with van der Waals surface area (Å²) in [6.07, 6.45) is 0.800. The first-order valence-electron chi connectivity index (χ1n) is 5.96. The monoisotopic (exact) mass is 242 g/mol. The van der Waals surface area contributed by atoms with Gasteiger partial charge in [-0.2, -0.15) is 4.68 Å². The molecule has 0 aliphatic rings. The fourth-order valence-corrected chi connectivity index (χ4v) is 2.10.